The van der Waals surface area contributed by atoms with E-state index in [0.717, 1.165) is 0 Å². The van der Waals surface area contributed by atoms with Gasteiger partial charge >= 0.3 is 5.97 Å². The minimum absolute atomic E-state index is 0.0149. The Morgan fingerprint density at radius 2 is 1.45 bits per heavy atom. The van der Waals surface area contributed by atoms with Gasteiger partial charge in [-0.25, -0.2) is 0 Å². The number of hydrogen-bond acceptors (Lipinski definition) is 3. The van der Waals surface area contributed by atoms with Gasteiger partial charge in [-0.3, -0.25) is 14.4 Å². The molecular weight excluding hydrogens is 260 g/mol. The number of carbonyl (C=O) groups excluding carboxylic acids is 2. The first-order chi connectivity index (χ1) is 9.50. The third-order valence-electron chi connectivity index (χ3n) is 4.10. The van der Waals surface area contributed by atoms with E-state index < -0.39 is 17.8 Å². The standard InChI is InChI=1S/C14H20N2O4/c1-10(17)15-6-8-16(9-7-15)13(18)11-4-2-3-5-12(11)14(19)20/h2-3,11-12H,4-9H2,1H3,(H,19,20). The summed E-state index contributed by atoms with van der Waals surface area (Å²) >= 11 is 0. The fraction of sp³-hybridized carbons (Fsp3) is 0.643. The molecule has 0 spiro atoms. The number of nitrogens with zero attached hydrogens (tertiary/aromatic N) is 2. The zero-order valence-corrected chi connectivity index (χ0v) is 11.6. The van der Waals surface area contributed by atoms with Crippen LogP contribution in [-0.2, 0) is 14.4 Å². The largest absolute Gasteiger partial charge is 0.481 e. The molecule has 2 atom stereocenters. The van der Waals surface area contributed by atoms with Crippen LogP contribution in [0.3, 0.4) is 0 Å². The number of piperazine rings is 1. The Balaban J connectivity index is 1.99. The first-order valence-corrected chi connectivity index (χ1v) is 6.93. The molecule has 0 aromatic carbocycles. The average molecular weight is 280 g/mol. The Labute approximate surface area is 118 Å². The molecule has 6 nitrogen and oxygen atoms in total. The lowest BCUT2D eigenvalue weighted by Crippen LogP contribution is -2.52. The number of aliphatic carboxylic acids is 1. The molecule has 110 valence electrons. The van der Waals surface area contributed by atoms with Crippen LogP contribution < -0.4 is 0 Å². The van der Waals surface area contributed by atoms with Crippen molar-refractivity contribution < 1.29 is 19.5 Å². The molecule has 2 rings (SSSR count). The molecule has 1 N–H and O–H groups in total. The Hall–Kier alpha value is -1.85. The molecule has 2 unspecified atom stereocenters. The van der Waals surface area contributed by atoms with E-state index in [1.54, 1.807) is 9.80 Å². The summed E-state index contributed by atoms with van der Waals surface area (Å²) in [4.78, 5) is 38.4. The second-order valence-electron chi connectivity index (χ2n) is 5.33. The normalized spacial score (nSPS) is 26.4. The Morgan fingerprint density at radius 3 is 1.95 bits per heavy atom. The molecule has 1 heterocycles. The molecule has 0 aromatic heterocycles. The van der Waals surface area contributed by atoms with Crippen LogP contribution in [-0.4, -0.2) is 58.9 Å². The van der Waals surface area contributed by atoms with Gasteiger partial charge in [-0.1, -0.05) is 12.2 Å². The van der Waals surface area contributed by atoms with Crippen molar-refractivity contribution in [3.8, 4) is 0 Å². The van der Waals surface area contributed by atoms with Crippen molar-refractivity contribution in [3.63, 3.8) is 0 Å². The zero-order chi connectivity index (χ0) is 14.7. The smallest absolute Gasteiger partial charge is 0.307 e. The van der Waals surface area contributed by atoms with Gasteiger partial charge < -0.3 is 14.9 Å². The molecule has 1 saturated heterocycles. The lowest BCUT2D eigenvalue weighted by Gasteiger charge is -2.37. The topological polar surface area (TPSA) is 77.9 Å². The number of amides is 2. The van der Waals surface area contributed by atoms with Crippen LogP contribution in [0.25, 0.3) is 0 Å². The van der Waals surface area contributed by atoms with Crippen LogP contribution in [0.15, 0.2) is 12.2 Å². The van der Waals surface area contributed by atoms with Gasteiger partial charge in [-0.15, -0.1) is 0 Å². The molecular formula is C14H20N2O4. The van der Waals surface area contributed by atoms with Gasteiger partial charge in [0.15, 0.2) is 0 Å². The van der Waals surface area contributed by atoms with Crippen molar-refractivity contribution in [1.29, 1.82) is 0 Å². The zero-order valence-electron chi connectivity index (χ0n) is 11.6. The first-order valence-electron chi connectivity index (χ1n) is 6.93. The molecule has 6 heteroatoms. The monoisotopic (exact) mass is 280 g/mol. The van der Waals surface area contributed by atoms with Crippen molar-refractivity contribution in [3.05, 3.63) is 12.2 Å². The van der Waals surface area contributed by atoms with Crippen molar-refractivity contribution in [1.82, 2.24) is 9.80 Å². The minimum Gasteiger partial charge on any atom is -0.481 e. The third kappa shape index (κ3) is 3.00. The second-order valence-corrected chi connectivity index (χ2v) is 5.33. The Morgan fingerprint density at radius 1 is 0.950 bits per heavy atom. The minimum atomic E-state index is -0.907. The maximum Gasteiger partial charge on any atom is 0.307 e. The maximum atomic E-state index is 12.5. The Bertz CT molecular complexity index is 438. The number of carbonyl (C=O) groups is 3. The highest BCUT2D eigenvalue weighted by Crippen LogP contribution is 2.28. The molecule has 1 aliphatic heterocycles. The van der Waals surface area contributed by atoms with Crippen molar-refractivity contribution in [2.24, 2.45) is 11.8 Å². The van der Waals surface area contributed by atoms with Crippen LogP contribution in [0.4, 0.5) is 0 Å². The molecule has 2 aliphatic rings. The highest BCUT2D eigenvalue weighted by molar-refractivity contribution is 5.85. The van der Waals surface area contributed by atoms with Gasteiger partial charge in [-0.2, -0.15) is 0 Å². The van der Waals surface area contributed by atoms with Gasteiger partial charge in [0.1, 0.15) is 0 Å². The summed E-state index contributed by atoms with van der Waals surface area (Å²) in [6.07, 6.45) is 4.62. The predicted octanol–water partition coefficient (Wildman–Crippen LogP) is 0.344. The van der Waals surface area contributed by atoms with Crippen molar-refractivity contribution in [2.45, 2.75) is 19.8 Å². The second kappa shape index (κ2) is 6.07. The summed E-state index contributed by atoms with van der Waals surface area (Å²) in [7, 11) is 0. The van der Waals surface area contributed by atoms with E-state index in [1.165, 1.54) is 6.92 Å². The quantitative estimate of drug-likeness (QED) is 0.740. The van der Waals surface area contributed by atoms with E-state index in [1.807, 2.05) is 12.2 Å². The summed E-state index contributed by atoms with van der Waals surface area (Å²) in [5, 5.41) is 9.21. The lowest BCUT2D eigenvalue weighted by atomic mass is 9.82. The van der Waals surface area contributed by atoms with Crippen molar-refractivity contribution >= 4 is 17.8 Å². The van der Waals surface area contributed by atoms with E-state index in [2.05, 4.69) is 0 Å². The Kier molecular flexibility index (Phi) is 4.42. The summed E-state index contributed by atoms with van der Waals surface area (Å²) in [6, 6.07) is 0. The van der Waals surface area contributed by atoms with E-state index >= 15 is 0 Å². The van der Waals surface area contributed by atoms with Crippen LogP contribution >= 0.6 is 0 Å². The van der Waals surface area contributed by atoms with Crippen LogP contribution in [0.5, 0.6) is 0 Å². The third-order valence-corrected chi connectivity index (χ3v) is 4.10. The lowest BCUT2D eigenvalue weighted by molar-refractivity contribution is -0.151. The first kappa shape index (κ1) is 14.6. The summed E-state index contributed by atoms with van der Waals surface area (Å²) in [5.74, 6) is -2.08. The van der Waals surface area contributed by atoms with Crippen LogP contribution in [0, 0.1) is 11.8 Å². The molecule has 0 radical (unpaired) electrons. The summed E-state index contributed by atoms with van der Waals surface area (Å²) < 4.78 is 0. The van der Waals surface area contributed by atoms with E-state index in [-0.39, 0.29) is 11.8 Å². The molecule has 2 amide bonds. The molecule has 0 saturated carbocycles. The van der Waals surface area contributed by atoms with Crippen LogP contribution in [0.1, 0.15) is 19.8 Å². The highest BCUT2D eigenvalue weighted by Gasteiger charge is 2.37. The van der Waals surface area contributed by atoms with Crippen LogP contribution in [0.2, 0.25) is 0 Å². The van der Waals surface area contributed by atoms with E-state index in [4.69, 9.17) is 0 Å². The van der Waals surface area contributed by atoms with E-state index in [9.17, 15) is 19.5 Å². The van der Waals surface area contributed by atoms with Gasteiger partial charge in [0.05, 0.1) is 11.8 Å². The number of carboxylic acid groups (broad SMARTS) is 1. The molecule has 0 aromatic rings. The van der Waals surface area contributed by atoms with E-state index in [0.29, 0.717) is 39.0 Å². The summed E-state index contributed by atoms with van der Waals surface area (Å²) in [6.45, 7) is 3.56. The van der Waals surface area contributed by atoms with Gasteiger partial charge in [0, 0.05) is 33.1 Å². The maximum absolute atomic E-state index is 12.5. The fourth-order valence-electron chi connectivity index (χ4n) is 2.84. The fourth-order valence-corrected chi connectivity index (χ4v) is 2.84. The predicted molar refractivity (Wildman–Crippen MR) is 71.8 cm³/mol. The number of allylic oxidation sites excluding steroid dienone is 2. The SMILES string of the molecule is CC(=O)N1CCN(C(=O)C2CC=CCC2C(=O)O)CC1. The number of carboxylic acids is 1. The molecule has 20 heavy (non-hydrogen) atoms. The highest BCUT2D eigenvalue weighted by atomic mass is 16.4. The average Bonchev–Trinajstić information content (AvgIpc) is 2.46. The number of hydrogen-bond donors (Lipinski definition) is 1. The van der Waals surface area contributed by atoms with Gasteiger partial charge in [0.25, 0.3) is 0 Å². The number of rotatable bonds is 2. The van der Waals surface area contributed by atoms with Gasteiger partial charge in [0.2, 0.25) is 11.8 Å². The summed E-state index contributed by atoms with van der Waals surface area (Å²) in [5.41, 5.74) is 0. The molecule has 1 fully saturated rings. The molecule has 0 bridgehead atoms. The van der Waals surface area contributed by atoms with Gasteiger partial charge in [-0.05, 0) is 12.8 Å². The van der Waals surface area contributed by atoms with Crippen molar-refractivity contribution in [2.75, 3.05) is 26.2 Å². The molecule has 1 aliphatic carbocycles.